The van der Waals surface area contributed by atoms with Crippen molar-refractivity contribution in [3.8, 4) is 22.3 Å². The van der Waals surface area contributed by atoms with E-state index in [1.165, 1.54) is 0 Å². The number of hydrogen-bond acceptors (Lipinski definition) is 3. The molecule has 0 spiro atoms. The fourth-order valence-corrected chi connectivity index (χ4v) is 3.59. The van der Waals surface area contributed by atoms with E-state index in [4.69, 9.17) is 0 Å². The maximum absolute atomic E-state index is 12.0. The van der Waals surface area contributed by atoms with E-state index in [0.29, 0.717) is 19.5 Å². The molecule has 1 aliphatic heterocycles. The van der Waals surface area contributed by atoms with Crippen LogP contribution in [-0.4, -0.2) is 17.3 Å². The van der Waals surface area contributed by atoms with Crippen LogP contribution in [0, 0.1) is 13.8 Å². The van der Waals surface area contributed by atoms with Crippen molar-refractivity contribution in [2.75, 3.05) is 0 Å². The molecule has 0 fully saturated rings. The summed E-state index contributed by atoms with van der Waals surface area (Å²) in [5.74, 6) is -0.0210. The number of carbonyl (C=O) groups excluding carboxylic acids is 2. The molecule has 2 N–H and O–H groups in total. The van der Waals surface area contributed by atoms with Gasteiger partial charge in [0.2, 0.25) is 6.41 Å². The van der Waals surface area contributed by atoms with Crippen molar-refractivity contribution in [2.45, 2.75) is 26.9 Å². The lowest BCUT2D eigenvalue weighted by Gasteiger charge is -2.12. The Kier molecular flexibility index (Phi) is 4.65. The van der Waals surface area contributed by atoms with Crippen LogP contribution < -0.4 is 10.6 Å². The molecule has 2 heterocycles. The highest BCUT2D eigenvalue weighted by Gasteiger charge is 2.19. The third-order valence-corrected chi connectivity index (χ3v) is 5.24. The molecule has 0 bridgehead atoms. The van der Waals surface area contributed by atoms with Crippen LogP contribution in [-0.2, 0) is 17.9 Å². The highest BCUT2D eigenvalue weighted by atomic mass is 16.2. The van der Waals surface area contributed by atoms with E-state index >= 15 is 0 Å². The molecule has 0 unspecified atom stereocenters. The Morgan fingerprint density at radius 1 is 1.04 bits per heavy atom. The van der Waals surface area contributed by atoms with Gasteiger partial charge in [-0.05, 0) is 53.8 Å². The van der Waals surface area contributed by atoms with Crippen molar-refractivity contribution in [2.24, 2.45) is 0 Å². The molecule has 140 valence electrons. The first-order chi connectivity index (χ1) is 13.6. The molecule has 1 aliphatic rings. The molecule has 0 atom stereocenters. The minimum Gasteiger partial charge on any atom is -0.355 e. The number of fused-ring (bicyclic) bond motifs is 1. The Morgan fingerprint density at radius 3 is 2.61 bits per heavy atom. The number of carbonyl (C=O) groups is 2. The van der Waals surface area contributed by atoms with Crippen LogP contribution in [0.3, 0.4) is 0 Å². The van der Waals surface area contributed by atoms with E-state index in [0.717, 1.165) is 50.2 Å². The summed E-state index contributed by atoms with van der Waals surface area (Å²) in [7, 11) is 0. The normalized spacial score (nSPS) is 12.4. The van der Waals surface area contributed by atoms with Crippen LogP contribution in [0.2, 0.25) is 0 Å². The number of aromatic nitrogens is 1. The van der Waals surface area contributed by atoms with E-state index in [9.17, 15) is 9.59 Å². The van der Waals surface area contributed by atoms with Gasteiger partial charge in [0.05, 0.1) is 0 Å². The summed E-state index contributed by atoms with van der Waals surface area (Å²) < 4.78 is 0. The second kappa shape index (κ2) is 7.27. The Balaban J connectivity index is 1.72. The Labute approximate surface area is 163 Å². The predicted octanol–water partition coefficient (Wildman–Crippen LogP) is 3.52. The molecule has 3 aromatic rings. The van der Waals surface area contributed by atoms with Crippen molar-refractivity contribution in [3.63, 3.8) is 0 Å². The molecule has 5 nitrogen and oxygen atoms in total. The van der Waals surface area contributed by atoms with Gasteiger partial charge in [-0.1, -0.05) is 30.3 Å². The zero-order chi connectivity index (χ0) is 19.7. The smallest absolute Gasteiger partial charge is 0.251 e. The fraction of sp³-hybridized carbons (Fsp3) is 0.174. The van der Waals surface area contributed by atoms with Gasteiger partial charge in [0, 0.05) is 41.7 Å². The molecule has 1 aromatic heterocycles. The van der Waals surface area contributed by atoms with E-state index in [1.54, 1.807) is 0 Å². The summed E-state index contributed by atoms with van der Waals surface area (Å²) in [6.07, 6.45) is 2.56. The third-order valence-electron chi connectivity index (χ3n) is 5.24. The average molecular weight is 371 g/mol. The standard InChI is InChI=1S/C23H21N3O2/c1-14-7-17(4-5-18(14)10-24-13-27)21-9-20(12-25-15(21)2)16-3-6-19-11-26-23(28)22(19)8-16/h3-9,12-13H,10-11H2,1-2H3,(H,24,27)(H,26,28). The molecule has 28 heavy (non-hydrogen) atoms. The molecule has 4 rings (SSSR count). The van der Waals surface area contributed by atoms with Gasteiger partial charge < -0.3 is 10.6 Å². The first-order valence-corrected chi connectivity index (χ1v) is 9.22. The second-order valence-electron chi connectivity index (χ2n) is 7.05. The van der Waals surface area contributed by atoms with Gasteiger partial charge in [-0.15, -0.1) is 0 Å². The summed E-state index contributed by atoms with van der Waals surface area (Å²) in [6, 6.07) is 14.3. The monoisotopic (exact) mass is 371 g/mol. The zero-order valence-electron chi connectivity index (χ0n) is 15.9. The molecule has 5 heteroatoms. The summed E-state index contributed by atoms with van der Waals surface area (Å²) in [4.78, 5) is 27.1. The van der Waals surface area contributed by atoms with Crippen molar-refractivity contribution >= 4 is 12.3 Å². The Morgan fingerprint density at radius 2 is 1.82 bits per heavy atom. The molecular weight excluding hydrogens is 350 g/mol. The first kappa shape index (κ1) is 17.9. The SMILES string of the molecule is Cc1cc(-c2cc(-c3ccc4c(c3)C(=O)NC4)cnc2C)ccc1CNC=O. The van der Waals surface area contributed by atoms with Crippen LogP contribution >= 0.6 is 0 Å². The van der Waals surface area contributed by atoms with Crippen molar-refractivity contribution in [1.82, 2.24) is 15.6 Å². The molecule has 0 radical (unpaired) electrons. The van der Waals surface area contributed by atoms with Crippen molar-refractivity contribution in [1.29, 1.82) is 0 Å². The topological polar surface area (TPSA) is 71.1 Å². The number of aryl methyl sites for hydroxylation is 2. The number of rotatable bonds is 5. The summed E-state index contributed by atoms with van der Waals surface area (Å²) in [5.41, 5.74) is 9.01. The molecule has 0 aliphatic carbocycles. The van der Waals surface area contributed by atoms with Crippen LogP contribution in [0.1, 0.15) is 32.7 Å². The summed E-state index contributed by atoms with van der Waals surface area (Å²) >= 11 is 0. The van der Waals surface area contributed by atoms with Gasteiger partial charge >= 0.3 is 0 Å². The highest BCUT2D eigenvalue weighted by Crippen LogP contribution is 2.31. The lowest BCUT2D eigenvalue weighted by molar-refractivity contribution is -0.109. The molecule has 0 saturated carbocycles. The summed E-state index contributed by atoms with van der Waals surface area (Å²) in [5, 5.41) is 5.56. The van der Waals surface area contributed by atoms with Gasteiger partial charge in [-0.2, -0.15) is 0 Å². The Hall–Kier alpha value is -3.47. The molecular formula is C23H21N3O2. The van der Waals surface area contributed by atoms with Crippen LogP contribution in [0.25, 0.3) is 22.3 Å². The predicted molar refractivity (Wildman–Crippen MR) is 109 cm³/mol. The van der Waals surface area contributed by atoms with Crippen LogP contribution in [0.4, 0.5) is 0 Å². The third kappa shape index (κ3) is 3.27. The molecule has 0 saturated heterocycles. The number of hydrogen-bond donors (Lipinski definition) is 2. The van der Waals surface area contributed by atoms with E-state index in [1.807, 2.05) is 44.3 Å². The van der Waals surface area contributed by atoms with E-state index in [-0.39, 0.29) is 5.91 Å². The number of amides is 2. The summed E-state index contributed by atoms with van der Waals surface area (Å²) in [6.45, 7) is 5.14. The molecule has 2 amide bonds. The quantitative estimate of drug-likeness (QED) is 0.674. The van der Waals surface area contributed by atoms with Gasteiger partial charge in [-0.3, -0.25) is 14.6 Å². The van der Waals surface area contributed by atoms with Crippen LogP contribution in [0.15, 0.2) is 48.7 Å². The number of benzene rings is 2. The fourth-order valence-electron chi connectivity index (χ4n) is 3.59. The van der Waals surface area contributed by atoms with Gasteiger partial charge in [0.25, 0.3) is 5.91 Å². The maximum Gasteiger partial charge on any atom is 0.251 e. The van der Waals surface area contributed by atoms with Crippen molar-refractivity contribution in [3.05, 3.63) is 76.6 Å². The zero-order valence-corrected chi connectivity index (χ0v) is 15.9. The molecule has 2 aromatic carbocycles. The number of nitrogens with one attached hydrogen (secondary N) is 2. The number of pyridine rings is 1. The lowest BCUT2D eigenvalue weighted by Crippen LogP contribution is -2.12. The van der Waals surface area contributed by atoms with Crippen LogP contribution in [0.5, 0.6) is 0 Å². The van der Waals surface area contributed by atoms with Crippen molar-refractivity contribution < 1.29 is 9.59 Å². The van der Waals surface area contributed by atoms with Gasteiger partial charge in [-0.25, -0.2) is 0 Å². The minimum absolute atomic E-state index is 0.0210. The maximum atomic E-state index is 12.0. The highest BCUT2D eigenvalue weighted by molar-refractivity contribution is 5.99. The first-order valence-electron chi connectivity index (χ1n) is 9.22. The van der Waals surface area contributed by atoms with E-state index in [2.05, 4.69) is 33.8 Å². The van der Waals surface area contributed by atoms with Gasteiger partial charge in [0.1, 0.15) is 0 Å². The number of nitrogens with zero attached hydrogens (tertiary/aromatic N) is 1. The van der Waals surface area contributed by atoms with E-state index < -0.39 is 0 Å². The second-order valence-corrected chi connectivity index (χ2v) is 7.05. The lowest BCUT2D eigenvalue weighted by atomic mass is 9.95. The largest absolute Gasteiger partial charge is 0.355 e. The average Bonchev–Trinajstić information content (AvgIpc) is 3.08. The Bertz CT molecular complexity index is 1090. The minimum atomic E-state index is -0.0210. The van der Waals surface area contributed by atoms with Gasteiger partial charge in [0.15, 0.2) is 0 Å².